The molecule has 0 aromatic rings. The molecule has 0 heterocycles. The maximum Gasteiger partial charge on any atom is 0.296 e. The molecule has 0 spiro atoms. The lowest BCUT2D eigenvalue weighted by atomic mass is 10.7. The molecule has 0 fully saturated rings. The second-order valence-corrected chi connectivity index (χ2v) is 1.63. The molecule has 0 saturated heterocycles. The van der Waals surface area contributed by atoms with Gasteiger partial charge < -0.3 is 0 Å². The summed E-state index contributed by atoms with van der Waals surface area (Å²) in [5.41, 5.74) is 0. The van der Waals surface area contributed by atoms with Crippen LogP contribution in [0.1, 0.15) is 0 Å². The van der Waals surface area contributed by atoms with Gasteiger partial charge in [-0.05, 0) is 0 Å². The molecular weight excluding hydrogens is 210 g/mol. The van der Waals surface area contributed by atoms with E-state index in [0.29, 0.717) is 0 Å². The first-order valence-corrected chi connectivity index (χ1v) is 2.78. The monoisotopic (exact) mass is 214 g/mol. The van der Waals surface area contributed by atoms with Gasteiger partial charge in [0.25, 0.3) is 25.6 Å². The molecule has 0 aliphatic heterocycles. The second kappa shape index (κ2) is 6.00. The van der Waals surface area contributed by atoms with E-state index in [0.717, 1.165) is 0 Å². The van der Waals surface area contributed by atoms with Gasteiger partial charge >= 0.3 is 0 Å². The first-order chi connectivity index (χ1) is 5.95. The van der Waals surface area contributed by atoms with Crippen molar-refractivity contribution in [2.75, 3.05) is 0 Å². The Kier molecular flexibility index (Phi) is 5.75. The maximum absolute atomic E-state index is 11.7. The van der Waals surface area contributed by atoms with Crippen LogP contribution in [0, 0.1) is 0 Å². The van der Waals surface area contributed by atoms with Crippen molar-refractivity contribution in [3.63, 3.8) is 0 Å². The Bertz CT molecular complexity index is 119. The zero-order valence-electron chi connectivity index (χ0n) is 5.80. The van der Waals surface area contributed by atoms with Gasteiger partial charge in [-0.25, -0.2) is 26.3 Å². The summed E-state index contributed by atoms with van der Waals surface area (Å²) in [6.07, 6.45) is -13.5. The molecule has 0 saturated carbocycles. The van der Waals surface area contributed by atoms with Crippen LogP contribution in [0.5, 0.6) is 0 Å². The third-order valence-corrected chi connectivity index (χ3v) is 0.659. The van der Waals surface area contributed by atoms with Gasteiger partial charge in [0.15, 0.2) is 0 Å². The fourth-order valence-electron chi connectivity index (χ4n) is 0.182. The smallest absolute Gasteiger partial charge is 0.206 e. The summed E-state index contributed by atoms with van der Waals surface area (Å²) in [6, 6.07) is 0. The molecule has 13 heavy (non-hydrogen) atoms. The Morgan fingerprint density at radius 2 is 0.923 bits per heavy atom. The van der Waals surface area contributed by atoms with Crippen molar-refractivity contribution in [3.8, 4) is 0 Å². The molecule has 9 heteroatoms. The first kappa shape index (κ1) is 12.5. The van der Waals surface area contributed by atoms with Gasteiger partial charge in [-0.2, -0.15) is 9.78 Å². The standard InChI is InChI=1S/C4H4F6O3/c5-1(6)3(9)11-13-12-4(10)2(7)8/h1-4H. The zero-order chi connectivity index (χ0) is 10.4. The van der Waals surface area contributed by atoms with Crippen LogP contribution in [0.4, 0.5) is 26.3 Å². The summed E-state index contributed by atoms with van der Waals surface area (Å²) in [4.78, 5) is 6.02. The fraction of sp³-hybridized carbons (Fsp3) is 1.00. The van der Waals surface area contributed by atoms with Crippen LogP contribution in [-0.4, -0.2) is 25.6 Å². The Balaban J connectivity index is 3.45. The van der Waals surface area contributed by atoms with Gasteiger partial charge in [-0.1, -0.05) is 5.04 Å². The van der Waals surface area contributed by atoms with Crippen LogP contribution >= 0.6 is 0 Å². The molecule has 0 bridgehead atoms. The molecule has 2 atom stereocenters. The first-order valence-electron chi connectivity index (χ1n) is 2.78. The zero-order valence-corrected chi connectivity index (χ0v) is 5.80. The molecule has 0 amide bonds. The van der Waals surface area contributed by atoms with E-state index < -0.39 is 25.6 Å². The minimum atomic E-state index is -3.55. The van der Waals surface area contributed by atoms with E-state index >= 15 is 0 Å². The number of halogens is 6. The average molecular weight is 214 g/mol. The molecule has 0 radical (unpaired) electrons. The number of hydrogen-bond donors (Lipinski definition) is 0. The molecule has 0 aliphatic rings. The van der Waals surface area contributed by atoms with Crippen LogP contribution in [0.25, 0.3) is 0 Å². The van der Waals surface area contributed by atoms with Crippen molar-refractivity contribution in [1.29, 1.82) is 0 Å². The normalized spacial score (nSPS) is 16.6. The van der Waals surface area contributed by atoms with Crippen molar-refractivity contribution in [3.05, 3.63) is 0 Å². The van der Waals surface area contributed by atoms with Gasteiger partial charge in [-0.3, -0.25) is 0 Å². The molecule has 0 N–H and O–H groups in total. The van der Waals surface area contributed by atoms with Crippen molar-refractivity contribution in [1.82, 2.24) is 0 Å². The van der Waals surface area contributed by atoms with E-state index in [1.807, 2.05) is 0 Å². The van der Waals surface area contributed by atoms with E-state index in [2.05, 4.69) is 14.8 Å². The third-order valence-electron chi connectivity index (χ3n) is 0.659. The van der Waals surface area contributed by atoms with Crippen LogP contribution in [-0.2, 0) is 14.8 Å². The van der Waals surface area contributed by atoms with Crippen LogP contribution < -0.4 is 0 Å². The van der Waals surface area contributed by atoms with E-state index in [1.165, 1.54) is 0 Å². The van der Waals surface area contributed by atoms with Crippen molar-refractivity contribution >= 4 is 0 Å². The minimum absolute atomic E-state index is 2.97. The van der Waals surface area contributed by atoms with E-state index in [4.69, 9.17) is 0 Å². The predicted octanol–water partition coefficient (Wildman–Crippen LogP) is 1.99. The predicted molar refractivity (Wildman–Crippen MR) is 25.1 cm³/mol. The fourth-order valence-corrected chi connectivity index (χ4v) is 0.182. The van der Waals surface area contributed by atoms with Crippen molar-refractivity contribution in [2.45, 2.75) is 25.6 Å². The number of hydrogen-bond acceptors (Lipinski definition) is 3. The topological polar surface area (TPSA) is 27.7 Å². The van der Waals surface area contributed by atoms with Crippen molar-refractivity contribution < 1.29 is 41.2 Å². The lowest BCUT2D eigenvalue weighted by Crippen LogP contribution is -2.21. The molecule has 0 aromatic carbocycles. The van der Waals surface area contributed by atoms with E-state index in [-0.39, 0.29) is 0 Å². The third kappa shape index (κ3) is 5.66. The number of alkyl halides is 6. The van der Waals surface area contributed by atoms with Gasteiger partial charge in [0.1, 0.15) is 0 Å². The molecule has 0 rings (SSSR count). The summed E-state index contributed by atoms with van der Waals surface area (Å²) < 4.78 is 68.3. The van der Waals surface area contributed by atoms with Crippen molar-refractivity contribution in [2.24, 2.45) is 0 Å². The Morgan fingerprint density at radius 1 is 0.615 bits per heavy atom. The average Bonchev–Trinajstić information content (AvgIpc) is 2.03. The summed E-state index contributed by atoms with van der Waals surface area (Å²) in [5.74, 6) is 0. The highest BCUT2D eigenvalue weighted by molar-refractivity contribution is 4.38. The molecule has 2 unspecified atom stereocenters. The minimum Gasteiger partial charge on any atom is -0.206 e. The second-order valence-electron chi connectivity index (χ2n) is 1.63. The van der Waals surface area contributed by atoms with E-state index in [9.17, 15) is 26.3 Å². The number of rotatable bonds is 6. The maximum atomic E-state index is 11.7. The summed E-state index contributed by atoms with van der Waals surface area (Å²) in [5, 5.41) is 2.97. The Labute approximate surface area is 68.0 Å². The summed E-state index contributed by atoms with van der Waals surface area (Å²) in [7, 11) is 0. The SMILES string of the molecule is FC(F)C(F)OOOC(F)C(F)F. The largest absolute Gasteiger partial charge is 0.296 e. The lowest BCUT2D eigenvalue weighted by Gasteiger charge is -2.08. The Morgan fingerprint density at radius 3 is 1.15 bits per heavy atom. The molecule has 80 valence electrons. The van der Waals surface area contributed by atoms with Gasteiger partial charge in [-0.15, -0.1) is 0 Å². The lowest BCUT2D eigenvalue weighted by molar-refractivity contribution is -0.570. The van der Waals surface area contributed by atoms with E-state index in [1.54, 1.807) is 0 Å². The van der Waals surface area contributed by atoms with Crippen LogP contribution in [0.2, 0.25) is 0 Å². The summed E-state index contributed by atoms with van der Waals surface area (Å²) >= 11 is 0. The quantitative estimate of drug-likeness (QED) is 0.384. The van der Waals surface area contributed by atoms with Gasteiger partial charge in [0.2, 0.25) is 0 Å². The highest BCUT2D eigenvalue weighted by Crippen LogP contribution is 2.11. The van der Waals surface area contributed by atoms with Gasteiger partial charge in [0, 0.05) is 0 Å². The van der Waals surface area contributed by atoms with Crippen LogP contribution in [0.3, 0.4) is 0 Å². The molecule has 0 aromatic heterocycles. The highest BCUT2D eigenvalue weighted by Gasteiger charge is 2.25. The molecule has 3 nitrogen and oxygen atoms in total. The highest BCUT2D eigenvalue weighted by atomic mass is 19.3. The van der Waals surface area contributed by atoms with Gasteiger partial charge in [0.05, 0.1) is 0 Å². The summed E-state index contributed by atoms with van der Waals surface area (Å²) in [6.45, 7) is 0. The Hall–Kier alpha value is -0.540. The molecule has 0 aliphatic carbocycles. The molecular formula is C4H4F6O3. The van der Waals surface area contributed by atoms with Crippen LogP contribution in [0.15, 0.2) is 0 Å².